The summed E-state index contributed by atoms with van der Waals surface area (Å²) < 4.78 is 38.3. The molecule has 2 aromatic rings. The van der Waals surface area contributed by atoms with E-state index in [2.05, 4.69) is 9.97 Å². The van der Waals surface area contributed by atoms with Crippen molar-refractivity contribution in [1.29, 1.82) is 0 Å². The Morgan fingerprint density at radius 2 is 1.85 bits per heavy atom. The van der Waals surface area contributed by atoms with E-state index < -0.39 is 11.7 Å². The third kappa shape index (κ3) is 2.93. The van der Waals surface area contributed by atoms with Crippen molar-refractivity contribution in [2.45, 2.75) is 25.9 Å². The lowest BCUT2D eigenvalue weighted by Gasteiger charge is -2.14. The van der Waals surface area contributed by atoms with Gasteiger partial charge in [-0.05, 0) is 18.1 Å². The minimum absolute atomic E-state index is 0.00763. The molecule has 0 bridgehead atoms. The normalized spacial score (nSPS) is 11.9. The summed E-state index contributed by atoms with van der Waals surface area (Å²) in [5.74, 6) is 0.00763. The zero-order chi connectivity index (χ0) is 14.9. The fourth-order valence-electron chi connectivity index (χ4n) is 1.96. The van der Waals surface area contributed by atoms with Gasteiger partial charge in [-0.25, -0.2) is 9.97 Å². The predicted octanol–water partition coefficient (Wildman–Crippen LogP) is 4.94. The van der Waals surface area contributed by atoms with Crippen molar-refractivity contribution in [2.75, 3.05) is 0 Å². The summed E-state index contributed by atoms with van der Waals surface area (Å²) in [7, 11) is 0. The maximum absolute atomic E-state index is 12.8. The minimum atomic E-state index is -4.38. The van der Waals surface area contributed by atoms with Gasteiger partial charge in [0, 0.05) is 11.1 Å². The molecule has 0 saturated heterocycles. The molecule has 6 heteroatoms. The summed E-state index contributed by atoms with van der Waals surface area (Å²) >= 11 is 6.03. The molecule has 0 N–H and O–H groups in total. The van der Waals surface area contributed by atoms with Gasteiger partial charge in [-0.1, -0.05) is 37.6 Å². The van der Waals surface area contributed by atoms with Crippen LogP contribution in [0.2, 0.25) is 5.15 Å². The number of aromatic nitrogens is 2. The molecule has 0 aliphatic rings. The van der Waals surface area contributed by atoms with Crippen molar-refractivity contribution in [3.05, 3.63) is 46.9 Å². The van der Waals surface area contributed by atoms with E-state index in [0.29, 0.717) is 16.8 Å². The minimum Gasteiger partial charge on any atom is -0.236 e. The molecule has 1 aromatic carbocycles. The zero-order valence-electron chi connectivity index (χ0n) is 10.9. The molecule has 0 atom stereocenters. The second-order valence-corrected chi connectivity index (χ2v) is 5.02. The Morgan fingerprint density at radius 3 is 2.45 bits per heavy atom. The first-order valence-electron chi connectivity index (χ1n) is 5.98. The van der Waals surface area contributed by atoms with E-state index in [1.807, 2.05) is 13.8 Å². The summed E-state index contributed by atoms with van der Waals surface area (Å²) in [6, 6.07) is 5.05. The smallest absolute Gasteiger partial charge is 0.236 e. The van der Waals surface area contributed by atoms with Crippen molar-refractivity contribution in [3.63, 3.8) is 0 Å². The van der Waals surface area contributed by atoms with E-state index in [4.69, 9.17) is 11.6 Å². The van der Waals surface area contributed by atoms with Gasteiger partial charge in [0.15, 0.2) is 0 Å². The van der Waals surface area contributed by atoms with E-state index in [9.17, 15) is 13.2 Å². The largest absolute Gasteiger partial charge is 0.416 e. The first-order chi connectivity index (χ1) is 9.30. The van der Waals surface area contributed by atoms with Crippen molar-refractivity contribution in [2.24, 2.45) is 0 Å². The lowest BCUT2D eigenvalue weighted by atomic mass is 9.97. The molecule has 0 saturated carbocycles. The van der Waals surface area contributed by atoms with Gasteiger partial charge in [-0.2, -0.15) is 13.2 Å². The van der Waals surface area contributed by atoms with Crippen molar-refractivity contribution in [3.8, 4) is 11.3 Å². The molecule has 0 aliphatic carbocycles. The Bertz CT molecular complexity index is 624. The molecule has 20 heavy (non-hydrogen) atoms. The Hall–Kier alpha value is -1.62. The number of alkyl halides is 3. The highest BCUT2D eigenvalue weighted by atomic mass is 35.5. The van der Waals surface area contributed by atoms with Crippen LogP contribution in [0, 0.1) is 0 Å². The summed E-state index contributed by atoms with van der Waals surface area (Å²) in [6.07, 6.45) is -3.13. The highest BCUT2D eigenvalue weighted by Crippen LogP contribution is 2.35. The van der Waals surface area contributed by atoms with E-state index >= 15 is 0 Å². The van der Waals surface area contributed by atoms with Gasteiger partial charge in [0.2, 0.25) is 0 Å². The standard InChI is InChI=1S/C14H12ClF3N2/c1-8(2)11-12(19-7-20-13(11)15)9-4-3-5-10(6-9)14(16,17)18/h3-8H,1-2H3. The van der Waals surface area contributed by atoms with Gasteiger partial charge >= 0.3 is 6.18 Å². The van der Waals surface area contributed by atoms with Crippen LogP contribution in [0.1, 0.15) is 30.9 Å². The van der Waals surface area contributed by atoms with Gasteiger partial charge in [0.05, 0.1) is 11.3 Å². The van der Waals surface area contributed by atoms with Crippen molar-refractivity contribution in [1.82, 2.24) is 9.97 Å². The molecule has 0 unspecified atom stereocenters. The van der Waals surface area contributed by atoms with E-state index in [1.54, 1.807) is 6.07 Å². The molecule has 1 aromatic heterocycles. The second-order valence-electron chi connectivity index (χ2n) is 4.66. The number of halogens is 4. The Kier molecular flexibility index (Phi) is 3.99. The molecule has 1 heterocycles. The van der Waals surface area contributed by atoms with E-state index in [0.717, 1.165) is 12.1 Å². The summed E-state index contributed by atoms with van der Waals surface area (Å²) in [4.78, 5) is 7.98. The molecular formula is C14H12ClF3N2. The van der Waals surface area contributed by atoms with Crippen LogP contribution in [0.3, 0.4) is 0 Å². The molecule has 2 nitrogen and oxygen atoms in total. The topological polar surface area (TPSA) is 25.8 Å². The number of hydrogen-bond donors (Lipinski definition) is 0. The first kappa shape index (κ1) is 14.8. The molecule has 106 valence electrons. The lowest BCUT2D eigenvalue weighted by Crippen LogP contribution is -2.05. The number of hydrogen-bond acceptors (Lipinski definition) is 2. The number of nitrogens with zero attached hydrogens (tertiary/aromatic N) is 2. The number of benzene rings is 1. The fourth-order valence-corrected chi connectivity index (χ4v) is 2.31. The zero-order valence-corrected chi connectivity index (χ0v) is 11.6. The molecule has 2 rings (SSSR count). The lowest BCUT2D eigenvalue weighted by molar-refractivity contribution is -0.137. The van der Waals surface area contributed by atoms with Crippen LogP contribution in [0.4, 0.5) is 13.2 Å². The van der Waals surface area contributed by atoms with Gasteiger partial charge in [-0.3, -0.25) is 0 Å². The Morgan fingerprint density at radius 1 is 1.15 bits per heavy atom. The summed E-state index contributed by atoms with van der Waals surface area (Å²) in [5, 5.41) is 0.266. The average Bonchev–Trinajstić information content (AvgIpc) is 2.37. The third-order valence-corrected chi connectivity index (χ3v) is 3.18. The summed E-state index contributed by atoms with van der Waals surface area (Å²) in [5.41, 5.74) is 0.756. The van der Waals surface area contributed by atoms with Gasteiger partial charge in [0.25, 0.3) is 0 Å². The van der Waals surface area contributed by atoms with Crippen LogP contribution in [0.15, 0.2) is 30.6 Å². The molecule has 0 aliphatic heterocycles. The first-order valence-corrected chi connectivity index (χ1v) is 6.36. The average molecular weight is 301 g/mol. The molecule has 0 fully saturated rings. The van der Waals surface area contributed by atoms with Gasteiger partial charge in [0.1, 0.15) is 11.5 Å². The highest BCUT2D eigenvalue weighted by Gasteiger charge is 2.30. The monoisotopic (exact) mass is 300 g/mol. The van der Waals surface area contributed by atoms with Crippen molar-refractivity contribution < 1.29 is 13.2 Å². The van der Waals surface area contributed by atoms with Gasteiger partial charge < -0.3 is 0 Å². The van der Waals surface area contributed by atoms with Crippen molar-refractivity contribution >= 4 is 11.6 Å². The van der Waals surface area contributed by atoms with E-state index in [-0.39, 0.29) is 11.1 Å². The van der Waals surface area contributed by atoms with Crippen LogP contribution < -0.4 is 0 Å². The van der Waals surface area contributed by atoms with Crippen LogP contribution in [-0.4, -0.2) is 9.97 Å². The molecule has 0 amide bonds. The van der Waals surface area contributed by atoms with Crippen LogP contribution in [-0.2, 0) is 6.18 Å². The van der Waals surface area contributed by atoms with Crippen LogP contribution in [0.5, 0.6) is 0 Å². The maximum Gasteiger partial charge on any atom is 0.416 e. The summed E-state index contributed by atoms with van der Waals surface area (Å²) in [6.45, 7) is 3.78. The van der Waals surface area contributed by atoms with Crippen LogP contribution >= 0.6 is 11.6 Å². The molecule has 0 radical (unpaired) electrons. The van der Waals surface area contributed by atoms with Gasteiger partial charge in [-0.15, -0.1) is 0 Å². The quantitative estimate of drug-likeness (QED) is 0.734. The molecular weight excluding hydrogens is 289 g/mol. The Balaban J connectivity index is 2.61. The van der Waals surface area contributed by atoms with E-state index in [1.165, 1.54) is 12.4 Å². The fraction of sp³-hybridized carbons (Fsp3) is 0.286. The van der Waals surface area contributed by atoms with Crippen LogP contribution in [0.25, 0.3) is 11.3 Å². The predicted molar refractivity (Wildman–Crippen MR) is 71.6 cm³/mol. The second kappa shape index (κ2) is 5.40. The third-order valence-electron chi connectivity index (χ3n) is 2.88. The Labute approximate surface area is 119 Å². The number of rotatable bonds is 2. The highest BCUT2D eigenvalue weighted by molar-refractivity contribution is 6.30. The SMILES string of the molecule is CC(C)c1c(Cl)ncnc1-c1cccc(C(F)(F)F)c1. The maximum atomic E-state index is 12.8. The molecule has 0 spiro atoms.